The van der Waals surface area contributed by atoms with Crippen LogP contribution in [0.15, 0.2) is 59.7 Å². The molecule has 1 N–H and O–H groups in total. The molecule has 2 aromatic heterocycles. The van der Waals surface area contributed by atoms with Crippen molar-refractivity contribution in [2.75, 3.05) is 11.8 Å². The van der Waals surface area contributed by atoms with Crippen LogP contribution in [-0.4, -0.2) is 49.9 Å². The molecule has 2 aliphatic rings. The number of nitrogens with zero attached hydrogens (tertiary/aromatic N) is 4. The van der Waals surface area contributed by atoms with Crippen molar-refractivity contribution < 1.29 is 22.3 Å². The van der Waals surface area contributed by atoms with Gasteiger partial charge < -0.3 is 9.46 Å². The standard InChI is InChI=1S/C23H21Cl2F4N5OS/c1-3-36(15-5-6-17(25)16(10-15)23(27,28)29)33-18-8-13(24)11-30-21(18)22-32-31-12-34(22)19-9-14(26)4-7-20(19)35-2/h3-6,8-12,16-17,20,33H,7H2,1-2H3. The van der Waals surface area contributed by atoms with Gasteiger partial charge in [0.2, 0.25) is 0 Å². The molecule has 0 aliphatic heterocycles. The molecule has 0 fully saturated rings. The lowest BCUT2D eigenvalue weighted by molar-refractivity contribution is -0.159. The largest absolute Gasteiger partial charge is 0.396 e. The van der Waals surface area contributed by atoms with Crippen LogP contribution in [0.4, 0.5) is 23.2 Å². The Bertz CT molecular complexity index is 1300. The summed E-state index contributed by atoms with van der Waals surface area (Å²) in [4.78, 5) is 4.81. The van der Waals surface area contributed by atoms with Crippen LogP contribution < -0.4 is 4.72 Å². The van der Waals surface area contributed by atoms with Gasteiger partial charge in [-0.3, -0.25) is 4.57 Å². The van der Waals surface area contributed by atoms with E-state index in [4.69, 9.17) is 27.9 Å². The summed E-state index contributed by atoms with van der Waals surface area (Å²) in [5.41, 5.74) is 1.20. The van der Waals surface area contributed by atoms with Gasteiger partial charge in [0.05, 0.1) is 27.7 Å². The second-order valence-corrected chi connectivity index (χ2v) is 10.6. The van der Waals surface area contributed by atoms with E-state index < -0.39 is 40.1 Å². The number of alkyl halides is 4. The van der Waals surface area contributed by atoms with Crippen LogP contribution >= 0.6 is 33.9 Å². The molecule has 0 spiro atoms. The Kier molecular flexibility index (Phi) is 8.03. The Morgan fingerprint density at radius 2 is 2.11 bits per heavy atom. The number of allylic oxidation sites excluding steroid dienone is 5. The summed E-state index contributed by atoms with van der Waals surface area (Å²) >= 11 is 12.1. The molecule has 2 aliphatic carbocycles. The summed E-state index contributed by atoms with van der Waals surface area (Å²) in [7, 11) is 0.546. The topological polar surface area (TPSA) is 64.9 Å². The number of halogens is 6. The molecule has 0 aromatic carbocycles. The highest BCUT2D eigenvalue weighted by molar-refractivity contribution is 8.19. The summed E-state index contributed by atoms with van der Waals surface area (Å²) in [5.74, 6) is -1.96. The first-order valence-electron chi connectivity index (χ1n) is 10.7. The van der Waals surface area contributed by atoms with Gasteiger partial charge in [-0.2, -0.15) is 13.2 Å². The second-order valence-electron chi connectivity index (χ2n) is 7.81. The third kappa shape index (κ3) is 5.59. The zero-order valence-electron chi connectivity index (χ0n) is 19.0. The summed E-state index contributed by atoms with van der Waals surface area (Å²) in [6, 6.07) is 1.59. The predicted molar refractivity (Wildman–Crippen MR) is 137 cm³/mol. The van der Waals surface area contributed by atoms with E-state index in [2.05, 4.69) is 19.9 Å². The minimum Gasteiger partial charge on any atom is -0.375 e. The molecule has 2 aromatic rings. The molecule has 6 nitrogen and oxygen atoms in total. The molecule has 0 radical (unpaired) electrons. The second kappa shape index (κ2) is 10.9. The van der Waals surface area contributed by atoms with Gasteiger partial charge in [-0.1, -0.05) is 40.5 Å². The van der Waals surface area contributed by atoms with Gasteiger partial charge in [0.1, 0.15) is 24.0 Å². The van der Waals surface area contributed by atoms with Crippen LogP contribution in [-0.2, 0) is 4.74 Å². The van der Waals surface area contributed by atoms with E-state index in [1.54, 1.807) is 29.0 Å². The van der Waals surface area contributed by atoms with Gasteiger partial charge in [0.25, 0.3) is 0 Å². The number of ether oxygens (including phenoxy) is 1. The zero-order chi connectivity index (χ0) is 26.0. The highest BCUT2D eigenvalue weighted by Crippen LogP contribution is 2.42. The first-order chi connectivity index (χ1) is 17.1. The number of methoxy groups -OCH3 is 1. The Morgan fingerprint density at radius 3 is 2.81 bits per heavy atom. The van der Waals surface area contributed by atoms with Gasteiger partial charge in [0.15, 0.2) is 5.82 Å². The Labute approximate surface area is 217 Å². The van der Waals surface area contributed by atoms with Gasteiger partial charge in [0, 0.05) is 24.6 Å². The van der Waals surface area contributed by atoms with E-state index >= 15 is 0 Å². The van der Waals surface area contributed by atoms with Crippen LogP contribution in [0.2, 0.25) is 5.02 Å². The minimum atomic E-state index is -4.49. The number of rotatable bonds is 6. The summed E-state index contributed by atoms with van der Waals surface area (Å²) < 4.78 is 64.8. The van der Waals surface area contributed by atoms with Crippen molar-refractivity contribution in [1.82, 2.24) is 19.7 Å². The normalized spacial score (nSPS) is 23.2. The lowest BCUT2D eigenvalue weighted by Crippen LogP contribution is -2.30. The third-order valence-corrected chi connectivity index (χ3v) is 7.85. The van der Waals surface area contributed by atoms with E-state index in [-0.39, 0.29) is 5.82 Å². The first-order valence-corrected chi connectivity index (χ1v) is 12.8. The zero-order valence-corrected chi connectivity index (χ0v) is 21.3. The number of aromatic nitrogens is 4. The highest BCUT2D eigenvalue weighted by atomic mass is 35.5. The van der Waals surface area contributed by atoms with Crippen molar-refractivity contribution in [2.24, 2.45) is 5.92 Å². The molecule has 4 atom stereocenters. The van der Waals surface area contributed by atoms with Gasteiger partial charge in [-0.25, -0.2) is 9.37 Å². The molecule has 4 unspecified atom stereocenters. The van der Waals surface area contributed by atoms with Crippen LogP contribution in [0.1, 0.15) is 13.3 Å². The van der Waals surface area contributed by atoms with Crippen molar-refractivity contribution in [3.05, 3.63) is 64.7 Å². The number of nitrogens with one attached hydrogen (secondary N) is 1. The monoisotopic (exact) mass is 561 g/mol. The molecular formula is C23H21Cl2F4N5OS. The van der Waals surface area contributed by atoms with E-state index in [0.717, 1.165) is 6.08 Å². The van der Waals surface area contributed by atoms with Gasteiger partial charge in [-0.15, -0.1) is 21.8 Å². The van der Waals surface area contributed by atoms with Crippen LogP contribution in [0, 0.1) is 5.92 Å². The van der Waals surface area contributed by atoms with E-state index in [9.17, 15) is 17.6 Å². The number of hydrogen-bond donors (Lipinski definition) is 1. The summed E-state index contributed by atoms with van der Waals surface area (Å²) in [6.45, 7) is 1.73. The first kappa shape index (κ1) is 26.6. The Balaban J connectivity index is 1.74. The van der Waals surface area contributed by atoms with E-state index in [1.807, 2.05) is 0 Å². The average Bonchev–Trinajstić information content (AvgIpc) is 3.32. The van der Waals surface area contributed by atoms with E-state index in [1.165, 1.54) is 37.9 Å². The molecule has 13 heteroatoms. The molecule has 192 valence electrons. The SMILES string of the molecule is C/C=S(/Nc1cc(Cl)cnc1-c1nncn1C1=CC(F)=CCC1OC)C1=CC(C(F)(F)F)C(Cl)C=C1. The van der Waals surface area contributed by atoms with Crippen molar-refractivity contribution in [3.8, 4) is 11.5 Å². The van der Waals surface area contributed by atoms with Crippen molar-refractivity contribution in [2.45, 2.75) is 31.0 Å². The van der Waals surface area contributed by atoms with Crippen LogP contribution in [0.25, 0.3) is 17.2 Å². The molecule has 0 saturated carbocycles. The minimum absolute atomic E-state index is 0.277. The fraction of sp³-hybridized carbons (Fsp3) is 0.304. The van der Waals surface area contributed by atoms with Gasteiger partial charge in [-0.05, 0) is 30.5 Å². The smallest absolute Gasteiger partial charge is 0.375 e. The lowest BCUT2D eigenvalue weighted by atomic mass is 10.00. The molecule has 0 bridgehead atoms. The Hall–Kier alpha value is -2.47. The molecule has 0 saturated heterocycles. The molecular weight excluding hydrogens is 541 g/mol. The highest BCUT2D eigenvalue weighted by Gasteiger charge is 2.43. The average molecular weight is 562 g/mol. The van der Waals surface area contributed by atoms with Crippen molar-refractivity contribution in [1.29, 1.82) is 0 Å². The molecule has 36 heavy (non-hydrogen) atoms. The maximum Gasteiger partial charge on any atom is 0.396 e. The molecule has 4 rings (SSSR count). The number of pyridine rings is 1. The lowest BCUT2D eigenvalue weighted by Gasteiger charge is -2.26. The van der Waals surface area contributed by atoms with Gasteiger partial charge >= 0.3 is 6.18 Å². The number of hydrogen-bond acceptors (Lipinski definition) is 5. The maximum atomic E-state index is 14.1. The predicted octanol–water partition coefficient (Wildman–Crippen LogP) is 6.76. The summed E-state index contributed by atoms with van der Waals surface area (Å²) in [5, 5.41) is 8.99. The number of anilines is 1. The Morgan fingerprint density at radius 1 is 1.33 bits per heavy atom. The van der Waals surface area contributed by atoms with E-state index in [0.29, 0.717) is 33.4 Å². The van der Waals surface area contributed by atoms with Crippen molar-refractivity contribution >= 4 is 50.6 Å². The quantitative estimate of drug-likeness (QED) is 0.239. The maximum absolute atomic E-state index is 14.1. The molecule has 0 amide bonds. The van der Waals surface area contributed by atoms with Crippen LogP contribution in [0.5, 0.6) is 0 Å². The molecule has 2 heterocycles. The van der Waals surface area contributed by atoms with Crippen LogP contribution in [0.3, 0.4) is 0 Å². The summed E-state index contributed by atoms with van der Waals surface area (Å²) in [6.07, 6.45) is 4.99. The fourth-order valence-electron chi connectivity index (χ4n) is 3.78. The van der Waals surface area contributed by atoms with Crippen molar-refractivity contribution in [3.63, 3.8) is 0 Å². The third-order valence-electron chi connectivity index (χ3n) is 5.54. The fourth-order valence-corrected chi connectivity index (χ4v) is 5.65.